The maximum Gasteiger partial charge on any atom is 0.277 e. The number of aryl methyl sites for hydroxylation is 3. The van der Waals surface area contributed by atoms with Gasteiger partial charge in [0.15, 0.2) is 0 Å². The van der Waals surface area contributed by atoms with Crippen molar-refractivity contribution in [1.29, 1.82) is 0 Å². The molecule has 0 radical (unpaired) electrons. The van der Waals surface area contributed by atoms with Gasteiger partial charge in [0.2, 0.25) is 11.8 Å². The molecule has 1 unspecified atom stereocenters. The van der Waals surface area contributed by atoms with E-state index in [-0.39, 0.29) is 11.9 Å². The van der Waals surface area contributed by atoms with Gasteiger partial charge in [-0.2, -0.15) is 0 Å². The molecule has 3 atom stereocenters. The van der Waals surface area contributed by atoms with Crippen molar-refractivity contribution in [2.24, 2.45) is 11.8 Å². The predicted molar refractivity (Wildman–Crippen MR) is 116 cm³/mol. The molecule has 1 aliphatic heterocycles. The molecule has 8 heteroatoms. The number of likely N-dealkylation sites (tertiary alicyclic amines) is 1. The number of hydrogen-bond donors (Lipinski definition) is 1. The maximum absolute atomic E-state index is 12.5. The number of amides is 1. The highest BCUT2D eigenvalue weighted by molar-refractivity contribution is 7.99. The second-order valence-corrected chi connectivity index (χ2v) is 9.44. The molecule has 1 aromatic heterocycles. The summed E-state index contributed by atoms with van der Waals surface area (Å²) in [6.07, 6.45) is 2.37. The van der Waals surface area contributed by atoms with E-state index in [4.69, 9.17) is 9.15 Å². The molecule has 7 nitrogen and oxygen atoms in total. The number of nitrogens with zero attached hydrogens (tertiary/aromatic N) is 3. The van der Waals surface area contributed by atoms with Crippen molar-refractivity contribution >= 4 is 17.7 Å². The average Bonchev–Trinajstić information content (AvgIpc) is 3.22. The molecule has 1 amide bonds. The largest absolute Gasteiger partial charge is 0.496 e. The fraction of sp³-hybridized carbons (Fsp3) is 0.591. The van der Waals surface area contributed by atoms with Crippen molar-refractivity contribution in [2.75, 3.05) is 26.0 Å². The highest BCUT2D eigenvalue weighted by atomic mass is 32.2. The minimum atomic E-state index is 0.0489. The normalized spacial score (nSPS) is 23.5. The van der Waals surface area contributed by atoms with Gasteiger partial charge in [0.05, 0.1) is 12.9 Å². The second kappa shape index (κ2) is 8.98. The molecule has 1 saturated heterocycles. The van der Waals surface area contributed by atoms with Crippen LogP contribution >= 0.6 is 11.8 Å². The zero-order valence-corrected chi connectivity index (χ0v) is 18.9. The van der Waals surface area contributed by atoms with Crippen molar-refractivity contribution < 1.29 is 13.9 Å². The Kier molecular flexibility index (Phi) is 6.34. The first-order valence-corrected chi connectivity index (χ1v) is 11.5. The van der Waals surface area contributed by atoms with Crippen molar-refractivity contribution in [1.82, 2.24) is 20.4 Å². The van der Waals surface area contributed by atoms with Crippen LogP contribution in [0.5, 0.6) is 5.75 Å². The fourth-order valence-electron chi connectivity index (χ4n) is 4.86. The van der Waals surface area contributed by atoms with Gasteiger partial charge >= 0.3 is 0 Å². The molecule has 2 heterocycles. The molecule has 2 bridgehead atoms. The van der Waals surface area contributed by atoms with Gasteiger partial charge in [0.1, 0.15) is 5.75 Å². The Balaban J connectivity index is 1.32. The summed E-state index contributed by atoms with van der Waals surface area (Å²) in [5, 5.41) is 11.5. The van der Waals surface area contributed by atoms with Crippen LogP contribution in [0.15, 0.2) is 21.8 Å². The first-order valence-electron chi connectivity index (χ1n) is 10.5. The highest BCUT2D eigenvalue weighted by Crippen LogP contribution is 2.38. The van der Waals surface area contributed by atoms with Gasteiger partial charge in [-0.3, -0.25) is 9.69 Å². The fourth-order valence-corrected chi connectivity index (χ4v) is 5.47. The first-order chi connectivity index (χ1) is 14.4. The number of benzene rings is 1. The number of carbonyl (C=O) groups excluding carboxylic acids is 1. The topological polar surface area (TPSA) is 80.5 Å². The van der Waals surface area contributed by atoms with E-state index in [1.807, 2.05) is 0 Å². The zero-order chi connectivity index (χ0) is 21.3. The molecule has 30 heavy (non-hydrogen) atoms. The molecular weight excluding hydrogens is 400 g/mol. The van der Waals surface area contributed by atoms with E-state index < -0.39 is 0 Å². The summed E-state index contributed by atoms with van der Waals surface area (Å²) in [4.78, 5) is 15.0. The molecule has 2 fully saturated rings. The van der Waals surface area contributed by atoms with Gasteiger partial charge < -0.3 is 14.5 Å². The van der Waals surface area contributed by atoms with Gasteiger partial charge in [-0.25, -0.2) is 0 Å². The summed E-state index contributed by atoms with van der Waals surface area (Å²) < 4.78 is 10.8. The first kappa shape index (κ1) is 21.2. The molecule has 2 aliphatic rings. The number of nitrogens with one attached hydrogen (secondary N) is 1. The van der Waals surface area contributed by atoms with Crippen molar-refractivity contribution in [3.63, 3.8) is 0 Å². The number of rotatable bonds is 7. The SMILES string of the molecule is COc1cc(C)c(CN2C[C@H]3CC[C@@H](C2)C3NC(=O)CSc2nnc(C)o2)cc1C. The van der Waals surface area contributed by atoms with Gasteiger partial charge in [0, 0.05) is 32.6 Å². The van der Waals surface area contributed by atoms with Gasteiger partial charge in [-0.1, -0.05) is 17.8 Å². The molecule has 162 valence electrons. The lowest BCUT2D eigenvalue weighted by Gasteiger charge is -2.38. The average molecular weight is 431 g/mol. The van der Waals surface area contributed by atoms with Gasteiger partial charge in [-0.15, -0.1) is 10.2 Å². The molecule has 1 aliphatic carbocycles. The van der Waals surface area contributed by atoms with Crippen molar-refractivity contribution in [3.8, 4) is 5.75 Å². The standard InChI is InChI=1S/C22H30N4O3S/c1-13-8-19(28-4)14(2)7-18(13)11-26-9-16-5-6-17(10-26)21(16)23-20(27)12-30-22-25-24-15(3)29-22/h7-8,16-17,21H,5-6,9-12H2,1-4H3,(H,23,27)/t16-,17+,21?. The van der Waals surface area contributed by atoms with Gasteiger partial charge in [0.25, 0.3) is 5.22 Å². The van der Waals surface area contributed by atoms with E-state index in [2.05, 4.69) is 46.4 Å². The summed E-state index contributed by atoms with van der Waals surface area (Å²) in [6.45, 7) is 9.01. The van der Waals surface area contributed by atoms with Crippen LogP contribution in [-0.4, -0.2) is 53.0 Å². The van der Waals surface area contributed by atoms with Crippen LogP contribution in [-0.2, 0) is 11.3 Å². The summed E-state index contributed by atoms with van der Waals surface area (Å²) in [6, 6.07) is 4.66. The Morgan fingerprint density at radius 1 is 1.20 bits per heavy atom. The van der Waals surface area contributed by atoms with Crippen molar-refractivity contribution in [3.05, 3.63) is 34.7 Å². The smallest absolute Gasteiger partial charge is 0.277 e. The summed E-state index contributed by atoms with van der Waals surface area (Å²) in [7, 11) is 1.72. The third-order valence-electron chi connectivity index (χ3n) is 6.32. The van der Waals surface area contributed by atoms with E-state index in [1.165, 1.54) is 41.3 Å². The van der Waals surface area contributed by atoms with Crippen LogP contribution in [0.1, 0.15) is 35.4 Å². The van der Waals surface area contributed by atoms with Crippen LogP contribution in [0.3, 0.4) is 0 Å². The molecule has 1 N–H and O–H groups in total. The quantitative estimate of drug-likeness (QED) is 0.676. The van der Waals surface area contributed by atoms with E-state index in [0.29, 0.717) is 28.7 Å². The zero-order valence-electron chi connectivity index (χ0n) is 18.1. The van der Waals surface area contributed by atoms with E-state index in [9.17, 15) is 4.79 Å². The van der Waals surface area contributed by atoms with Crippen LogP contribution < -0.4 is 10.1 Å². The number of piperidine rings is 1. The Morgan fingerprint density at radius 3 is 2.57 bits per heavy atom. The molecular formula is C22H30N4O3S. The Hall–Kier alpha value is -2.06. The molecule has 1 saturated carbocycles. The van der Waals surface area contributed by atoms with Crippen LogP contribution in [0, 0.1) is 32.6 Å². The second-order valence-electron chi connectivity index (χ2n) is 8.51. The predicted octanol–water partition coefficient (Wildman–Crippen LogP) is 3.12. The number of ether oxygens (including phenoxy) is 1. The van der Waals surface area contributed by atoms with E-state index >= 15 is 0 Å². The molecule has 2 aromatic rings. The van der Waals surface area contributed by atoms with Crippen LogP contribution in [0.4, 0.5) is 0 Å². The summed E-state index contributed by atoms with van der Waals surface area (Å²) >= 11 is 1.30. The number of thioether (sulfide) groups is 1. The Bertz CT molecular complexity index is 902. The number of carbonyl (C=O) groups is 1. The number of fused-ring (bicyclic) bond motifs is 2. The third-order valence-corrected chi connectivity index (χ3v) is 7.14. The summed E-state index contributed by atoms with van der Waals surface area (Å²) in [5.41, 5.74) is 3.81. The number of hydrogen-bond acceptors (Lipinski definition) is 7. The number of methoxy groups -OCH3 is 1. The monoisotopic (exact) mass is 430 g/mol. The lowest BCUT2D eigenvalue weighted by molar-refractivity contribution is -0.120. The van der Waals surface area contributed by atoms with Crippen molar-refractivity contribution in [2.45, 2.75) is 51.4 Å². The highest BCUT2D eigenvalue weighted by Gasteiger charge is 2.42. The van der Waals surface area contributed by atoms with E-state index in [0.717, 1.165) is 25.4 Å². The van der Waals surface area contributed by atoms with Crippen LogP contribution in [0.2, 0.25) is 0 Å². The third kappa shape index (κ3) is 4.64. The lowest BCUT2D eigenvalue weighted by Crippen LogP contribution is -2.52. The Morgan fingerprint density at radius 2 is 1.93 bits per heavy atom. The number of aromatic nitrogens is 2. The van der Waals surface area contributed by atoms with E-state index in [1.54, 1.807) is 14.0 Å². The Labute approximate surface area is 181 Å². The van der Waals surface area contributed by atoms with Gasteiger partial charge in [-0.05, 0) is 61.3 Å². The van der Waals surface area contributed by atoms with Crippen LogP contribution in [0.25, 0.3) is 0 Å². The molecule has 0 spiro atoms. The minimum absolute atomic E-state index is 0.0489. The molecule has 4 rings (SSSR count). The lowest BCUT2D eigenvalue weighted by atomic mass is 9.91. The maximum atomic E-state index is 12.5. The molecule has 1 aromatic carbocycles. The summed E-state index contributed by atoms with van der Waals surface area (Å²) in [5.74, 6) is 2.86. The minimum Gasteiger partial charge on any atom is -0.496 e.